The minimum atomic E-state index is -3.88. The van der Waals surface area contributed by atoms with Gasteiger partial charge in [-0.3, -0.25) is 13.9 Å². The Kier molecular flexibility index (Phi) is 9.25. The number of sulfonamides is 1. The molecule has 35 heavy (non-hydrogen) atoms. The quantitative estimate of drug-likeness (QED) is 0.532. The largest absolute Gasteiger partial charge is 0.495 e. The van der Waals surface area contributed by atoms with E-state index < -0.39 is 39.9 Å². The monoisotopic (exact) mass is 507 g/mol. The van der Waals surface area contributed by atoms with Gasteiger partial charge in [-0.15, -0.1) is 0 Å². The number of ether oxygens (including phenoxy) is 1. The lowest BCUT2D eigenvalue weighted by Gasteiger charge is -2.34. The molecular formula is C25H34FN3O5S. The fourth-order valence-electron chi connectivity index (χ4n) is 3.59. The van der Waals surface area contributed by atoms with Gasteiger partial charge in [0.15, 0.2) is 0 Å². The third kappa shape index (κ3) is 7.95. The highest BCUT2D eigenvalue weighted by Gasteiger charge is 2.33. The molecule has 0 unspecified atom stereocenters. The van der Waals surface area contributed by atoms with Gasteiger partial charge in [-0.25, -0.2) is 12.8 Å². The number of hydrogen-bond donors (Lipinski definition) is 1. The van der Waals surface area contributed by atoms with Crippen molar-refractivity contribution >= 4 is 27.5 Å². The average molecular weight is 508 g/mol. The van der Waals surface area contributed by atoms with Gasteiger partial charge in [-0.1, -0.05) is 31.2 Å². The summed E-state index contributed by atoms with van der Waals surface area (Å²) >= 11 is 0. The highest BCUT2D eigenvalue weighted by molar-refractivity contribution is 7.92. The normalized spacial score (nSPS) is 12.5. The van der Waals surface area contributed by atoms with Crippen LogP contribution in [0.1, 0.15) is 39.7 Å². The molecule has 2 aromatic carbocycles. The molecule has 0 bridgehead atoms. The molecule has 0 fully saturated rings. The fraction of sp³-hybridized carbons (Fsp3) is 0.440. The van der Waals surface area contributed by atoms with Gasteiger partial charge in [0.25, 0.3) is 0 Å². The van der Waals surface area contributed by atoms with Crippen molar-refractivity contribution < 1.29 is 27.1 Å². The molecule has 0 radical (unpaired) electrons. The van der Waals surface area contributed by atoms with Gasteiger partial charge < -0.3 is 15.0 Å². The first-order valence-corrected chi connectivity index (χ1v) is 13.1. The van der Waals surface area contributed by atoms with Gasteiger partial charge in [-0.2, -0.15) is 0 Å². The van der Waals surface area contributed by atoms with E-state index in [1.807, 2.05) is 20.8 Å². The number of nitrogens with zero attached hydrogens (tertiary/aromatic N) is 2. The molecule has 0 aliphatic rings. The zero-order valence-electron chi connectivity index (χ0n) is 21.0. The maximum Gasteiger partial charge on any atom is 0.244 e. The van der Waals surface area contributed by atoms with Crippen molar-refractivity contribution in [3.63, 3.8) is 0 Å². The summed E-state index contributed by atoms with van der Waals surface area (Å²) in [4.78, 5) is 28.1. The average Bonchev–Trinajstić information content (AvgIpc) is 2.76. The van der Waals surface area contributed by atoms with E-state index in [9.17, 15) is 22.4 Å². The molecule has 0 heterocycles. The number of amides is 2. The summed E-state index contributed by atoms with van der Waals surface area (Å²) in [5.74, 6) is -1.09. The molecule has 0 aliphatic heterocycles. The van der Waals surface area contributed by atoms with Crippen molar-refractivity contribution in [1.82, 2.24) is 10.2 Å². The van der Waals surface area contributed by atoms with Crippen molar-refractivity contribution in [3.8, 4) is 5.75 Å². The second-order valence-corrected chi connectivity index (χ2v) is 11.2. The molecular weight excluding hydrogens is 473 g/mol. The topological polar surface area (TPSA) is 96.0 Å². The molecule has 0 aliphatic carbocycles. The number of nitrogens with one attached hydrogen (secondary N) is 1. The Balaban J connectivity index is 2.48. The van der Waals surface area contributed by atoms with E-state index in [4.69, 9.17) is 4.74 Å². The molecule has 10 heteroatoms. The maximum absolute atomic E-state index is 13.6. The molecule has 0 spiro atoms. The van der Waals surface area contributed by atoms with E-state index in [1.165, 1.54) is 36.3 Å². The van der Waals surface area contributed by atoms with E-state index in [0.717, 1.165) is 10.6 Å². The first kappa shape index (κ1) is 28.1. The van der Waals surface area contributed by atoms with E-state index in [0.29, 0.717) is 12.0 Å². The van der Waals surface area contributed by atoms with Crippen molar-refractivity contribution in [2.75, 3.05) is 24.2 Å². The molecule has 0 saturated heterocycles. The van der Waals surface area contributed by atoms with Gasteiger partial charge in [0.2, 0.25) is 21.8 Å². The highest BCUT2D eigenvalue weighted by atomic mass is 32.2. The summed E-state index contributed by atoms with van der Waals surface area (Å²) in [7, 11) is -2.47. The minimum absolute atomic E-state index is 0.00128. The molecule has 0 saturated carbocycles. The first-order chi connectivity index (χ1) is 16.3. The number of halogens is 1. The van der Waals surface area contributed by atoms with Crippen molar-refractivity contribution in [1.29, 1.82) is 0 Å². The van der Waals surface area contributed by atoms with Crippen molar-refractivity contribution in [2.24, 2.45) is 0 Å². The Morgan fingerprint density at radius 2 is 1.69 bits per heavy atom. The third-order valence-corrected chi connectivity index (χ3v) is 6.31. The number of anilines is 1. The number of benzene rings is 2. The zero-order chi connectivity index (χ0) is 26.4. The van der Waals surface area contributed by atoms with E-state index in [-0.39, 0.29) is 23.9 Å². The molecule has 2 rings (SSSR count). The Labute approximate surface area is 207 Å². The van der Waals surface area contributed by atoms with Crippen LogP contribution in [0.2, 0.25) is 0 Å². The summed E-state index contributed by atoms with van der Waals surface area (Å²) < 4.78 is 45.1. The number of hydrogen-bond acceptors (Lipinski definition) is 5. The first-order valence-electron chi connectivity index (χ1n) is 11.2. The lowest BCUT2D eigenvalue weighted by atomic mass is 10.1. The van der Waals surface area contributed by atoms with Crippen LogP contribution in [-0.4, -0.2) is 56.6 Å². The number of carbonyl (C=O) groups excluding carboxylic acids is 2. The Hall–Kier alpha value is -3.14. The molecule has 2 aromatic rings. The number of rotatable bonds is 10. The molecule has 8 nitrogen and oxygen atoms in total. The van der Waals surface area contributed by atoms with Crippen LogP contribution in [0.4, 0.5) is 10.1 Å². The number of methoxy groups -OCH3 is 1. The molecule has 2 amide bonds. The van der Waals surface area contributed by atoms with Crippen LogP contribution in [-0.2, 0) is 26.2 Å². The van der Waals surface area contributed by atoms with Crippen molar-refractivity contribution in [3.05, 3.63) is 59.9 Å². The Morgan fingerprint density at radius 1 is 1.09 bits per heavy atom. The van der Waals surface area contributed by atoms with E-state index in [2.05, 4.69) is 5.32 Å². The summed E-state index contributed by atoms with van der Waals surface area (Å²) in [6.07, 6.45) is 1.29. The van der Waals surface area contributed by atoms with E-state index in [1.54, 1.807) is 31.2 Å². The van der Waals surface area contributed by atoms with Crippen LogP contribution in [0.25, 0.3) is 0 Å². The zero-order valence-corrected chi connectivity index (χ0v) is 21.9. The van der Waals surface area contributed by atoms with Gasteiger partial charge in [-0.05, 0) is 57.0 Å². The van der Waals surface area contributed by atoms with Crippen LogP contribution >= 0.6 is 0 Å². The fourth-order valence-corrected chi connectivity index (χ4v) is 4.44. The lowest BCUT2D eigenvalue weighted by molar-refractivity contribution is -0.141. The summed E-state index contributed by atoms with van der Waals surface area (Å²) in [6.45, 7) is 6.72. The molecule has 1 atom stereocenters. The third-order valence-electron chi connectivity index (χ3n) is 5.18. The number of carbonyl (C=O) groups is 2. The van der Waals surface area contributed by atoms with Crippen LogP contribution in [0.5, 0.6) is 5.75 Å². The van der Waals surface area contributed by atoms with Crippen molar-refractivity contribution in [2.45, 2.75) is 52.2 Å². The maximum atomic E-state index is 13.6. The Morgan fingerprint density at radius 3 is 2.20 bits per heavy atom. The van der Waals surface area contributed by atoms with Gasteiger partial charge in [0.05, 0.1) is 19.1 Å². The lowest BCUT2D eigenvalue weighted by Crippen LogP contribution is -2.55. The van der Waals surface area contributed by atoms with Crippen LogP contribution in [0, 0.1) is 5.82 Å². The van der Waals surface area contributed by atoms with Crippen LogP contribution in [0.15, 0.2) is 48.5 Å². The standard InChI is InChI=1S/C25H34FN3O5S/c1-7-20(24(31)27-25(2,3)4)28(16-18-12-14-19(26)15-13-18)23(30)17-29(35(6,32)33)21-10-8-9-11-22(21)34-5/h8-15,20H,7,16-17H2,1-6H3,(H,27,31)/t20-/m1/s1. The van der Waals surface area contributed by atoms with Gasteiger partial charge in [0.1, 0.15) is 24.2 Å². The number of para-hydroxylation sites is 2. The summed E-state index contributed by atoms with van der Waals surface area (Å²) in [5.41, 5.74) is 0.274. The second kappa shape index (κ2) is 11.5. The smallest absolute Gasteiger partial charge is 0.244 e. The minimum Gasteiger partial charge on any atom is -0.495 e. The van der Waals surface area contributed by atoms with Crippen LogP contribution < -0.4 is 14.4 Å². The predicted molar refractivity (Wildman–Crippen MR) is 134 cm³/mol. The second-order valence-electron chi connectivity index (χ2n) is 9.25. The van der Waals surface area contributed by atoms with Gasteiger partial charge in [0, 0.05) is 12.1 Å². The van der Waals surface area contributed by atoms with E-state index >= 15 is 0 Å². The Bertz CT molecular complexity index is 1130. The SMILES string of the molecule is CC[C@H](C(=O)NC(C)(C)C)N(Cc1ccc(F)cc1)C(=O)CN(c1ccccc1OC)S(C)(=O)=O. The molecule has 192 valence electrons. The summed E-state index contributed by atoms with van der Waals surface area (Å²) in [5, 5.41) is 2.89. The predicted octanol–water partition coefficient (Wildman–Crippen LogP) is 3.32. The van der Waals surface area contributed by atoms with Gasteiger partial charge >= 0.3 is 0 Å². The summed E-state index contributed by atoms with van der Waals surface area (Å²) in [6, 6.07) is 11.2. The van der Waals surface area contributed by atoms with Crippen LogP contribution in [0.3, 0.4) is 0 Å². The molecule has 1 N–H and O–H groups in total. The highest BCUT2D eigenvalue weighted by Crippen LogP contribution is 2.29. The molecule has 0 aromatic heterocycles.